The molecule has 0 fully saturated rings. The van der Waals surface area contributed by atoms with Crippen LogP contribution in [0.15, 0.2) is 79.4 Å². The number of nitriles is 1. The summed E-state index contributed by atoms with van der Waals surface area (Å²) in [5.41, 5.74) is 6.74. The van der Waals surface area contributed by atoms with Gasteiger partial charge in [0.2, 0.25) is 0 Å². The molecule has 184 valence electrons. The van der Waals surface area contributed by atoms with Crippen LogP contribution in [-0.4, -0.2) is 27.0 Å². The minimum absolute atomic E-state index is 0.0125. The lowest BCUT2D eigenvalue weighted by molar-refractivity contribution is -0.136. The molecule has 1 amide bonds. The number of carbonyl (C=O) groups excluding carboxylic acids is 1. The lowest BCUT2D eigenvalue weighted by Gasteiger charge is -2.11. The smallest absolute Gasteiger partial charge is 0.307 e. The van der Waals surface area contributed by atoms with Gasteiger partial charge in [0.25, 0.3) is 5.91 Å². The average molecular weight is 491 g/mol. The predicted octanol–water partition coefficient (Wildman–Crippen LogP) is 4.57. The van der Waals surface area contributed by atoms with Crippen LogP contribution in [0.3, 0.4) is 0 Å². The number of allylic oxidation sites excluding steroid dienone is 1. The molecule has 0 saturated carbocycles. The van der Waals surface area contributed by atoms with Crippen LogP contribution in [-0.2, 0) is 37.0 Å². The lowest BCUT2D eigenvalue weighted by atomic mass is 10.0. The van der Waals surface area contributed by atoms with Crippen molar-refractivity contribution >= 4 is 22.9 Å². The third-order valence-corrected chi connectivity index (χ3v) is 5.95. The van der Waals surface area contributed by atoms with E-state index in [-0.39, 0.29) is 12.3 Å². The molecule has 0 aliphatic rings. The second kappa shape index (κ2) is 11.7. The Hall–Kier alpha value is -4.83. The molecule has 3 aromatic carbocycles. The fraction of sp³-hybridized carbons (Fsp3) is 0.167. The van der Waals surface area contributed by atoms with Gasteiger partial charge in [-0.25, -0.2) is 9.97 Å². The summed E-state index contributed by atoms with van der Waals surface area (Å²) in [7, 11) is 0. The van der Waals surface area contributed by atoms with Gasteiger partial charge in [0.15, 0.2) is 0 Å². The number of fused-ring (bicyclic) bond motifs is 1. The number of nitrogens with one attached hydrogen (secondary N) is 1. The van der Waals surface area contributed by atoms with Crippen molar-refractivity contribution in [2.75, 3.05) is 0 Å². The van der Waals surface area contributed by atoms with Gasteiger partial charge in [-0.15, -0.1) is 6.58 Å². The van der Waals surface area contributed by atoms with Crippen LogP contribution in [0, 0.1) is 11.3 Å². The molecule has 0 spiro atoms. The largest absolute Gasteiger partial charge is 0.481 e. The Kier molecular flexibility index (Phi) is 8.01. The molecule has 2 N–H and O–H groups in total. The van der Waals surface area contributed by atoms with E-state index in [2.05, 4.69) is 18.0 Å². The van der Waals surface area contributed by atoms with E-state index in [9.17, 15) is 9.59 Å². The SMILES string of the molecule is C=CCc1nc2ccc(C(=O)NCc3ccc(C#N)cc3)cc2nc1CCc1cccc(CC(=O)O)c1. The molecule has 0 unspecified atom stereocenters. The minimum Gasteiger partial charge on any atom is -0.481 e. The van der Waals surface area contributed by atoms with Crippen LogP contribution in [0.5, 0.6) is 0 Å². The molecule has 37 heavy (non-hydrogen) atoms. The van der Waals surface area contributed by atoms with Crippen LogP contribution in [0.4, 0.5) is 0 Å². The van der Waals surface area contributed by atoms with Crippen molar-refractivity contribution in [3.63, 3.8) is 0 Å². The highest BCUT2D eigenvalue weighted by molar-refractivity contribution is 5.97. The van der Waals surface area contributed by atoms with Crippen LogP contribution in [0.2, 0.25) is 0 Å². The highest BCUT2D eigenvalue weighted by atomic mass is 16.4. The molecule has 0 atom stereocenters. The molecule has 7 heteroatoms. The number of carboxylic acid groups (broad SMARTS) is 1. The third-order valence-electron chi connectivity index (χ3n) is 5.95. The summed E-state index contributed by atoms with van der Waals surface area (Å²) in [4.78, 5) is 33.5. The van der Waals surface area contributed by atoms with Gasteiger partial charge in [-0.3, -0.25) is 9.59 Å². The summed E-state index contributed by atoms with van der Waals surface area (Å²) in [5, 5.41) is 20.9. The number of nitrogens with zero attached hydrogens (tertiary/aromatic N) is 3. The van der Waals surface area contributed by atoms with E-state index in [1.165, 1.54) is 0 Å². The van der Waals surface area contributed by atoms with Crippen LogP contribution < -0.4 is 5.32 Å². The first-order valence-electron chi connectivity index (χ1n) is 11.9. The van der Waals surface area contributed by atoms with E-state index >= 15 is 0 Å². The number of amides is 1. The summed E-state index contributed by atoms with van der Waals surface area (Å²) >= 11 is 0. The molecule has 4 aromatic rings. The number of carbonyl (C=O) groups is 2. The van der Waals surface area contributed by atoms with Gasteiger partial charge < -0.3 is 10.4 Å². The van der Waals surface area contributed by atoms with Gasteiger partial charge in [-0.2, -0.15) is 5.26 Å². The minimum atomic E-state index is -0.859. The maximum atomic E-state index is 12.8. The topological polar surface area (TPSA) is 116 Å². The quantitative estimate of drug-likeness (QED) is 0.315. The zero-order valence-corrected chi connectivity index (χ0v) is 20.3. The van der Waals surface area contributed by atoms with Crippen molar-refractivity contribution in [3.8, 4) is 6.07 Å². The maximum Gasteiger partial charge on any atom is 0.307 e. The number of aliphatic carboxylic acids is 1. The van der Waals surface area contributed by atoms with Gasteiger partial charge >= 0.3 is 5.97 Å². The molecule has 7 nitrogen and oxygen atoms in total. The summed E-state index contributed by atoms with van der Waals surface area (Å²) in [6.07, 6.45) is 3.66. The Morgan fingerprint density at radius 1 is 0.919 bits per heavy atom. The second-order valence-corrected chi connectivity index (χ2v) is 8.70. The zero-order valence-electron chi connectivity index (χ0n) is 20.3. The Morgan fingerprint density at radius 3 is 2.41 bits per heavy atom. The van der Waals surface area contributed by atoms with Gasteiger partial charge in [0, 0.05) is 18.5 Å². The van der Waals surface area contributed by atoms with Crippen molar-refractivity contribution in [2.24, 2.45) is 0 Å². The van der Waals surface area contributed by atoms with Crippen molar-refractivity contribution in [2.45, 2.75) is 32.2 Å². The van der Waals surface area contributed by atoms with Crippen LogP contribution >= 0.6 is 0 Å². The molecule has 0 radical (unpaired) electrons. The Bertz CT molecular complexity index is 1500. The number of hydrogen-bond acceptors (Lipinski definition) is 5. The molecule has 0 bridgehead atoms. The highest BCUT2D eigenvalue weighted by Crippen LogP contribution is 2.19. The van der Waals surface area contributed by atoms with E-state index < -0.39 is 5.97 Å². The Balaban J connectivity index is 1.52. The molecule has 1 heterocycles. The summed E-state index contributed by atoms with van der Waals surface area (Å²) in [6, 6.07) is 22.0. The fourth-order valence-corrected chi connectivity index (χ4v) is 4.08. The molecular weight excluding hydrogens is 464 g/mol. The second-order valence-electron chi connectivity index (χ2n) is 8.70. The van der Waals surface area contributed by atoms with Crippen molar-refractivity contribution in [1.29, 1.82) is 5.26 Å². The molecule has 0 aliphatic heterocycles. The van der Waals surface area contributed by atoms with E-state index in [1.54, 1.807) is 36.4 Å². The van der Waals surface area contributed by atoms with E-state index in [0.717, 1.165) is 28.1 Å². The number of aryl methyl sites for hydroxylation is 2. The van der Waals surface area contributed by atoms with Crippen molar-refractivity contribution in [1.82, 2.24) is 15.3 Å². The highest BCUT2D eigenvalue weighted by Gasteiger charge is 2.12. The van der Waals surface area contributed by atoms with Gasteiger partial charge in [0.1, 0.15) is 0 Å². The van der Waals surface area contributed by atoms with Gasteiger partial charge in [-0.1, -0.05) is 42.5 Å². The average Bonchev–Trinajstić information content (AvgIpc) is 2.90. The molecule has 0 saturated heterocycles. The predicted molar refractivity (Wildman–Crippen MR) is 141 cm³/mol. The molecule has 1 aromatic heterocycles. The summed E-state index contributed by atoms with van der Waals surface area (Å²) < 4.78 is 0. The fourth-order valence-electron chi connectivity index (χ4n) is 4.08. The first-order chi connectivity index (χ1) is 17.9. The first kappa shape index (κ1) is 25.3. The number of hydrogen-bond donors (Lipinski definition) is 2. The number of benzene rings is 3. The van der Waals surface area contributed by atoms with Crippen LogP contribution in [0.1, 0.15) is 44.0 Å². The number of aromatic nitrogens is 2. The number of rotatable bonds is 10. The molecule has 4 rings (SSSR count). The van der Waals surface area contributed by atoms with E-state index in [4.69, 9.17) is 20.3 Å². The Labute approximate surface area is 215 Å². The number of carboxylic acids is 1. The molecular formula is C30H26N4O3. The standard InChI is InChI=1S/C30H26N4O3/c1-2-4-25-26(13-11-20-5-3-6-23(15-20)16-29(35)36)34-28-17-24(12-14-27(28)33-25)30(37)32-19-22-9-7-21(18-31)8-10-22/h2-3,5-10,12,14-15,17H,1,4,11,13,16,19H2,(H,32,37)(H,35,36). The van der Waals surface area contributed by atoms with E-state index in [0.29, 0.717) is 48.0 Å². The summed E-state index contributed by atoms with van der Waals surface area (Å²) in [6.45, 7) is 4.18. The van der Waals surface area contributed by atoms with Gasteiger partial charge in [-0.05, 0) is 59.9 Å². The first-order valence-corrected chi connectivity index (χ1v) is 11.9. The lowest BCUT2D eigenvalue weighted by Crippen LogP contribution is -2.22. The summed E-state index contributed by atoms with van der Waals surface area (Å²) in [5.74, 6) is -1.08. The van der Waals surface area contributed by atoms with E-state index in [1.807, 2.05) is 36.4 Å². The maximum absolute atomic E-state index is 12.8. The zero-order chi connectivity index (χ0) is 26.2. The molecule has 0 aliphatic carbocycles. The van der Waals surface area contributed by atoms with Crippen molar-refractivity contribution in [3.05, 3.63) is 119 Å². The van der Waals surface area contributed by atoms with Crippen molar-refractivity contribution < 1.29 is 14.7 Å². The van der Waals surface area contributed by atoms with Crippen LogP contribution in [0.25, 0.3) is 11.0 Å². The normalized spacial score (nSPS) is 10.6. The third kappa shape index (κ3) is 6.65. The monoisotopic (exact) mass is 490 g/mol. The van der Waals surface area contributed by atoms with Gasteiger partial charge in [0.05, 0.1) is 40.5 Å². The Morgan fingerprint density at radius 2 is 1.68 bits per heavy atom.